The molecule has 37 heavy (non-hydrogen) atoms. The second-order valence-corrected chi connectivity index (χ2v) is 11.8. The molecule has 2 aromatic carbocycles. The maximum absolute atomic E-state index is 13.5. The van der Waals surface area contributed by atoms with Gasteiger partial charge >= 0.3 is 0 Å². The number of amides is 2. The molecular weight excluding hydrogens is 533 g/mol. The van der Waals surface area contributed by atoms with E-state index in [9.17, 15) is 18.0 Å². The van der Waals surface area contributed by atoms with E-state index in [2.05, 4.69) is 5.32 Å². The Labute approximate surface area is 231 Å². The van der Waals surface area contributed by atoms with Crippen LogP contribution in [0.5, 0.6) is 0 Å². The summed E-state index contributed by atoms with van der Waals surface area (Å²) in [7, 11) is -3.57. The van der Waals surface area contributed by atoms with E-state index >= 15 is 0 Å². The molecule has 2 amide bonds. The smallest absolute Gasteiger partial charge is 0.242 e. The summed E-state index contributed by atoms with van der Waals surface area (Å²) in [6, 6.07) is 9.90. The van der Waals surface area contributed by atoms with Crippen molar-refractivity contribution in [2.75, 3.05) is 23.7 Å². The predicted octanol–water partition coefficient (Wildman–Crippen LogP) is 5.49. The highest BCUT2D eigenvalue weighted by molar-refractivity contribution is 7.92. The van der Waals surface area contributed by atoms with Gasteiger partial charge in [0.05, 0.1) is 11.9 Å². The summed E-state index contributed by atoms with van der Waals surface area (Å²) in [6.45, 7) is 8.31. The summed E-state index contributed by atoms with van der Waals surface area (Å²) in [6.07, 6.45) is 2.66. The van der Waals surface area contributed by atoms with Gasteiger partial charge in [0.25, 0.3) is 0 Å². The molecule has 0 aliphatic heterocycles. The van der Waals surface area contributed by atoms with Crippen molar-refractivity contribution in [2.24, 2.45) is 0 Å². The quantitative estimate of drug-likeness (QED) is 0.345. The van der Waals surface area contributed by atoms with Gasteiger partial charge in [0.1, 0.15) is 6.04 Å². The normalized spacial score (nSPS) is 12.2. The highest BCUT2D eigenvalue weighted by atomic mass is 35.5. The van der Waals surface area contributed by atoms with Crippen LogP contribution in [0.4, 0.5) is 5.69 Å². The summed E-state index contributed by atoms with van der Waals surface area (Å²) in [5.41, 5.74) is 3.01. The van der Waals surface area contributed by atoms with Crippen LogP contribution < -0.4 is 9.62 Å². The van der Waals surface area contributed by atoms with Crippen molar-refractivity contribution in [2.45, 2.75) is 66.0 Å². The minimum absolute atomic E-state index is 0.0521. The Kier molecular flexibility index (Phi) is 11.7. The number of nitrogens with one attached hydrogen (secondary N) is 1. The summed E-state index contributed by atoms with van der Waals surface area (Å²) in [5, 5.41) is 3.69. The van der Waals surface area contributed by atoms with Crippen LogP contribution in [0.3, 0.4) is 0 Å². The fourth-order valence-electron chi connectivity index (χ4n) is 4.13. The molecular formula is C27H37Cl2N3O4S. The third-order valence-electron chi connectivity index (χ3n) is 6.32. The molecule has 0 fully saturated rings. The lowest BCUT2D eigenvalue weighted by Crippen LogP contribution is -2.49. The first-order valence-corrected chi connectivity index (χ1v) is 15.1. The van der Waals surface area contributed by atoms with E-state index < -0.39 is 16.1 Å². The molecule has 0 aromatic heterocycles. The number of sulfonamides is 1. The van der Waals surface area contributed by atoms with E-state index in [1.54, 1.807) is 24.3 Å². The Morgan fingerprint density at radius 1 is 1.03 bits per heavy atom. The standard InChI is InChI=1S/C27H37Cl2N3O4S/c1-6-16-30-27(34)24(7-2)31(18-21-22(28)12-9-13-23(21)29)26(33)15-10-17-32(37(5,35)36)25-14-8-11-19(3)20(25)4/h8-9,11-14,24H,6-7,10,15-18H2,1-5H3,(H,30,34). The molecule has 0 spiro atoms. The Hall–Kier alpha value is -2.29. The lowest BCUT2D eigenvalue weighted by atomic mass is 10.1. The topological polar surface area (TPSA) is 86.8 Å². The van der Waals surface area contributed by atoms with Gasteiger partial charge in [-0.05, 0) is 62.4 Å². The maximum atomic E-state index is 13.5. The number of aryl methyl sites for hydroxylation is 1. The number of anilines is 1. The van der Waals surface area contributed by atoms with Crippen LogP contribution in [0.15, 0.2) is 36.4 Å². The Morgan fingerprint density at radius 3 is 2.22 bits per heavy atom. The third-order valence-corrected chi connectivity index (χ3v) is 8.21. The molecule has 1 atom stereocenters. The van der Waals surface area contributed by atoms with E-state index in [1.165, 1.54) is 9.21 Å². The average molecular weight is 571 g/mol. The highest BCUT2D eigenvalue weighted by Gasteiger charge is 2.30. The zero-order valence-electron chi connectivity index (χ0n) is 22.2. The van der Waals surface area contributed by atoms with Crippen LogP contribution in [0, 0.1) is 13.8 Å². The minimum Gasteiger partial charge on any atom is -0.354 e. The van der Waals surface area contributed by atoms with Crippen LogP contribution in [0.25, 0.3) is 0 Å². The number of hydrogen-bond donors (Lipinski definition) is 1. The van der Waals surface area contributed by atoms with Crippen molar-refractivity contribution in [1.29, 1.82) is 0 Å². The Balaban J connectivity index is 2.29. The second kappa shape index (κ2) is 14.0. The second-order valence-electron chi connectivity index (χ2n) is 9.09. The Bertz CT molecular complexity index is 1180. The van der Waals surface area contributed by atoms with Gasteiger partial charge in [-0.2, -0.15) is 0 Å². The van der Waals surface area contributed by atoms with Gasteiger partial charge in [-0.15, -0.1) is 0 Å². The molecule has 7 nitrogen and oxygen atoms in total. The first-order valence-electron chi connectivity index (χ1n) is 12.5. The number of benzene rings is 2. The van der Waals surface area contributed by atoms with Crippen molar-refractivity contribution in [3.63, 3.8) is 0 Å². The van der Waals surface area contributed by atoms with Gasteiger partial charge in [-0.3, -0.25) is 13.9 Å². The molecule has 0 bridgehead atoms. The van der Waals surface area contributed by atoms with Crippen molar-refractivity contribution < 1.29 is 18.0 Å². The predicted molar refractivity (Wildman–Crippen MR) is 152 cm³/mol. The third kappa shape index (κ3) is 8.35. The monoisotopic (exact) mass is 569 g/mol. The van der Waals surface area contributed by atoms with E-state index in [1.807, 2.05) is 39.8 Å². The van der Waals surface area contributed by atoms with Crippen LogP contribution >= 0.6 is 23.2 Å². The molecule has 2 aromatic rings. The van der Waals surface area contributed by atoms with Gasteiger partial charge in [-0.25, -0.2) is 8.42 Å². The molecule has 204 valence electrons. The number of nitrogens with zero attached hydrogens (tertiary/aromatic N) is 2. The van der Waals surface area contributed by atoms with Crippen LogP contribution in [-0.4, -0.2) is 50.5 Å². The fourth-order valence-corrected chi connectivity index (χ4v) is 5.66. The fraction of sp³-hybridized carbons (Fsp3) is 0.481. The molecule has 2 rings (SSSR count). The van der Waals surface area contributed by atoms with Crippen molar-refractivity contribution in [1.82, 2.24) is 10.2 Å². The number of carbonyl (C=O) groups excluding carboxylic acids is 2. The summed E-state index contributed by atoms with van der Waals surface area (Å²) in [5.74, 6) is -0.516. The van der Waals surface area contributed by atoms with Crippen molar-refractivity contribution in [3.8, 4) is 0 Å². The van der Waals surface area contributed by atoms with Crippen LogP contribution in [-0.2, 0) is 26.2 Å². The Morgan fingerprint density at radius 2 is 1.65 bits per heavy atom. The molecule has 1 unspecified atom stereocenters. The first-order chi connectivity index (χ1) is 17.4. The van der Waals surface area contributed by atoms with Crippen LogP contribution in [0.1, 0.15) is 56.2 Å². The molecule has 0 aliphatic carbocycles. The SMILES string of the molecule is CCCNC(=O)C(CC)N(Cc1c(Cl)cccc1Cl)C(=O)CCCN(c1cccc(C)c1C)S(C)(=O)=O. The minimum atomic E-state index is -3.57. The van der Waals surface area contributed by atoms with Crippen molar-refractivity contribution >= 4 is 50.7 Å². The molecule has 0 heterocycles. The zero-order chi connectivity index (χ0) is 27.8. The van der Waals surface area contributed by atoms with E-state index in [0.717, 1.165) is 23.8 Å². The van der Waals surface area contributed by atoms with Gasteiger partial charge in [-0.1, -0.05) is 55.2 Å². The average Bonchev–Trinajstić information content (AvgIpc) is 2.83. The largest absolute Gasteiger partial charge is 0.354 e. The van der Waals surface area contributed by atoms with E-state index in [-0.39, 0.29) is 37.7 Å². The number of carbonyl (C=O) groups is 2. The van der Waals surface area contributed by atoms with E-state index in [0.29, 0.717) is 34.3 Å². The summed E-state index contributed by atoms with van der Waals surface area (Å²) >= 11 is 12.8. The lowest BCUT2D eigenvalue weighted by Gasteiger charge is -2.31. The maximum Gasteiger partial charge on any atom is 0.242 e. The number of hydrogen-bond acceptors (Lipinski definition) is 4. The van der Waals surface area contributed by atoms with E-state index in [4.69, 9.17) is 23.2 Å². The molecule has 0 saturated carbocycles. The molecule has 0 radical (unpaired) electrons. The van der Waals surface area contributed by atoms with Gasteiger partial charge in [0.15, 0.2) is 0 Å². The summed E-state index contributed by atoms with van der Waals surface area (Å²) < 4.78 is 26.6. The summed E-state index contributed by atoms with van der Waals surface area (Å²) in [4.78, 5) is 28.0. The molecule has 0 saturated heterocycles. The highest BCUT2D eigenvalue weighted by Crippen LogP contribution is 2.28. The lowest BCUT2D eigenvalue weighted by molar-refractivity contribution is -0.141. The van der Waals surface area contributed by atoms with Crippen LogP contribution in [0.2, 0.25) is 10.0 Å². The van der Waals surface area contributed by atoms with Crippen molar-refractivity contribution in [3.05, 3.63) is 63.1 Å². The van der Waals surface area contributed by atoms with Gasteiger partial charge < -0.3 is 10.2 Å². The zero-order valence-corrected chi connectivity index (χ0v) is 24.5. The number of halogens is 2. The van der Waals surface area contributed by atoms with Gasteiger partial charge in [0.2, 0.25) is 21.8 Å². The molecule has 0 aliphatic rings. The van der Waals surface area contributed by atoms with Gasteiger partial charge in [0, 0.05) is 41.7 Å². The first kappa shape index (κ1) is 30.9. The molecule has 1 N–H and O–H groups in total. The number of rotatable bonds is 13. The molecule has 10 heteroatoms.